The Kier molecular flexibility index (Phi) is 3.75. The van der Waals surface area contributed by atoms with Gasteiger partial charge in [0.05, 0.1) is 17.6 Å². The molecular weight excluding hydrogens is 306 g/mol. The first kappa shape index (κ1) is 14.5. The van der Waals surface area contributed by atoms with Crippen molar-refractivity contribution < 1.29 is 0 Å². The van der Waals surface area contributed by atoms with Gasteiger partial charge in [-0.1, -0.05) is 6.92 Å². The van der Waals surface area contributed by atoms with Gasteiger partial charge < -0.3 is 4.57 Å². The van der Waals surface area contributed by atoms with Crippen molar-refractivity contribution in [3.8, 4) is 0 Å². The lowest BCUT2D eigenvalue weighted by molar-refractivity contribution is 0.604. The molecule has 3 aromatic rings. The SMILES string of the molecule is CCc1nn(C)c2c1nc(CCl)n2C(C)c1ncc(C)s1. The highest BCUT2D eigenvalue weighted by Gasteiger charge is 2.23. The predicted molar refractivity (Wildman–Crippen MR) is 86.1 cm³/mol. The monoisotopic (exact) mass is 323 g/mol. The summed E-state index contributed by atoms with van der Waals surface area (Å²) in [6.45, 7) is 6.29. The maximum atomic E-state index is 6.12. The largest absolute Gasteiger partial charge is 0.302 e. The molecule has 3 rings (SSSR count). The number of aryl methyl sites for hydroxylation is 3. The van der Waals surface area contributed by atoms with Crippen LogP contribution in [0.1, 0.15) is 41.3 Å². The number of hydrogen-bond acceptors (Lipinski definition) is 4. The van der Waals surface area contributed by atoms with E-state index in [4.69, 9.17) is 16.6 Å². The lowest BCUT2D eigenvalue weighted by atomic mass is 10.3. The zero-order valence-electron chi connectivity index (χ0n) is 12.6. The highest BCUT2D eigenvalue weighted by atomic mass is 35.5. The van der Waals surface area contributed by atoms with Crippen molar-refractivity contribution in [1.29, 1.82) is 0 Å². The van der Waals surface area contributed by atoms with Crippen LogP contribution >= 0.6 is 22.9 Å². The van der Waals surface area contributed by atoms with Crippen LogP contribution in [0.2, 0.25) is 0 Å². The van der Waals surface area contributed by atoms with Gasteiger partial charge in [-0.3, -0.25) is 4.68 Å². The molecule has 112 valence electrons. The fourth-order valence-electron chi connectivity index (χ4n) is 2.66. The molecule has 0 fully saturated rings. The summed E-state index contributed by atoms with van der Waals surface area (Å²) in [5.41, 5.74) is 2.98. The summed E-state index contributed by atoms with van der Waals surface area (Å²) in [7, 11) is 1.96. The topological polar surface area (TPSA) is 48.5 Å². The Balaban J connectivity index is 2.22. The van der Waals surface area contributed by atoms with E-state index in [0.717, 1.165) is 34.1 Å². The lowest BCUT2D eigenvalue weighted by Crippen LogP contribution is -2.12. The number of alkyl halides is 1. The molecule has 0 aliphatic heterocycles. The van der Waals surface area contributed by atoms with Gasteiger partial charge in [-0.25, -0.2) is 9.97 Å². The molecule has 7 heteroatoms. The van der Waals surface area contributed by atoms with E-state index in [-0.39, 0.29) is 6.04 Å². The molecule has 3 aromatic heterocycles. The van der Waals surface area contributed by atoms with E-state index in [1.165, 1.54) is 4.88 Å². The minimum atomic E-state index is 0.0996. The van der Waals surface area contributed by atoms with Gasteiger partial charge in [0.25, 0.3) is 0 Å². The van der Waals surface area contributed by atoms with E-state index in [0.29, 0.717) is 5.88 Å². The van der Waals surface area contributed by atoms with Crippen molar-refractivity contribution in [3.63, 3.8) is 0 Å². The summed E-state index contributed by atoms with van der Waals surface area (Å²) in [5, 5.41) is 5.63. The number of imidazole rings is 1. The summed E-state index contributed by atoms with van der Waals surface area (Å²) < 4.78 is 4.06. The van der Waals surface area contributed by atoms with Crippen molar-refractivity contribution in [2.45, 2.75) is 39.1 Å². The first-order valence-electron chi connectivity index (χ1n) is 6.97. The third-order valence-corrected chi connectivity index (χ3v) is 4.97. The number of thiazole rings is 1. The Morgan fingerprint density at radius 3 is 2.76 bits per heavy atom. The maximum Gasteiger partial charge on any atom is 0.159 e. The van der Waals surface area contributed by atoms with Crippen LogP contribution in [0.3, 0.4) is 0 Å². The van der Waals surface area contributed by atoms with Gasteiger partial charge in [-0.15, -0.1) is 22.9 Å². The number of aromatic nitrogens is 5. The minimum Gasteiger partial charge on any atom is -0.302 e. The summed E-state index contributed by atoms with van der Waals surface area (Å²) in [4.78, 5) is 10.4. The van der Waals surface area contributed by atoms with Gasteiger partial charge >= 0.3 is 0 Å². The Bertz CT molecular complexity index is 785. The molecule has 0 aromatic carbocycles. The van der Waals surface area contributed by atoms with E-state index < -0.39 is 0 Å². The van der Waals surface area contributed by atoms with Crippen molar-refractivity contribution >= 4 is 34.1 Å². The fourth-order valence-corrected chi connectivity index (χ4v) is 3.67. The van der Waals surface area contributed by atoms with Crippen molar-refractivity contribution in [3.05, 3.63) is 27.6 Å². The second kappa shape index (κ2) is 5.42. The molecule has 0 aliphatic carbocycles. The Morgan fingerprint density at radius 2 is 2.19 bits per heavy atom. The number of rotatable bonds is 4. The van der Waals surface area contributed by atoms with E-state index in [9.17, 15) is 0 Å². The molecule has 3 heterocycles. The van der Waals surface area contributed by atoms with Crippen molar-refractivity contribution in [1.82, 2.24) is 24.3 Å². The van der Waals surface area contributed by atoms with Gasteiger partial charge in [0, 0.05) is 18.1 Å². The van der Waals surface area contributed by atoms with E-state index in [2.05, 4.69) is 35.4 Å². The zero-order chi connectivity index (χ0) is 15.1. The lowest BCUT2D eigenvalue weighted by Gasteiger charge is -2.14. The first-order chi connectivity index (χ1) is 10.1. The normalized spacial score (nSPS) is 13.2. The molecular formula is C14H18ClN5S. The van der Waals surface area contributed by atoms with E-state index in [1.807, 2.05) is 17.9 Å². The van der Waals surface area contributed by atoms with Gasteiger partial charge in [-0.05, 0) is 20.3 Å². The molecule has 1 unspecified atom stereocenters. The summed E-state index contributed by atoms with van der Waals surface area (Å²) in [5.74, 6) is 1.25. The first-order valence-corrected chi connectivity index (χ1v) is 8.32. The molecule has 0 aliphatic rings. The molecule has 0 bridgehead atoms. The van der Waals surface area contributed by atoms with Gasteiger partial charge in [0.15, 0.2) is 5.65 Å². The fraction of sp³-hybridized carbons (Fsp3) is 0.500. The van der Waals surface area contributed by atoms with Crippen LogP contribution in [0.5, 0.6) is 0 Å². The Hall–Kier alpha value is -1.40. The summed E-state index contributed by atoms with van der Waals surface area (Å²) in [6.07, 6.45) is 2.77. The van der Waals surface area contributed by atoms with Gasteiger partial charge in [-0.2, -0.15) is 5.10 Å². The van der Waals surface area contributed by atoms with Crippen LogP contribution in [-0.4, -0.2) is 24.3 Å². The molecule has 0 radical (unpaired) electrons. The molecule has 5 nitrogen and oxygen atoms in total. The molecule has 0 saturated heterocycles. The van der Waals surface area contributed by atoms with Crippen molar-refractivity contribution in [2.75, 3.05) is 0 Å². The highest BCUT2D eigenvalue weighted by molar-refractivity contribution is 7.11. The van der Waals surface area contributed by atoms with Gasteiger partial charge in [0.1, 0.15) is 16.3 Å². The summed E-state index contributed by atoms with van der Waals surface area (Å²) in [6, 6.07) is 0.0996. The van der Waals surface area contributed by atoms with Crippen LogP contribution in [0.25, 0.3) is 11.2 Å². The second-order valence-corrected chi connectivity index (χ2v) is 6.65. The Morgan fingerprint density at radius 1 is 1.43 bits per heavy atom. The van der Waals surface area contributed by atoms with Crippen LogP contribution < -0.4 is 0 Å². The van der Waals surface area contributed by atoms with Crippen LogP contribution in [0, 0.1) is 6.92 Å². The standard InChI is InChI=1S/C14H18ClN5S/c1-5-10-12-14(19(4)18-10)20(11(6-15)17-12)9(3)13-16-7-8(2)21-13/h7,9H,5-6H2,1-4H3. The van der Waals surface area contributed by atoms with Gasteiger partial charge in [0.2, 0.25) is 0 Å². The molecule has 0 spiro atoms. The third-order valence-electron chi connectivity index (χ3n) is 3.65. The second-order valence-electron chi connectivity index (χ2n) is 5.11. The number of hydrogen-bond donors (Lipinski definition) is 0. The van der Waals surface area contributed by atoms with Crippen LogP contribution in [-0.2, 0) is 19.3 Å². The quantitative estimate of drug-likeness (QED) is 0.691. The average molecular weight is 324 g/mol. The van der Waals surface area contributed by atoms with Crippen LogP contribution in [0.15, 0.2) is 6.20 Å². The smallest absolute Gasteiger partial charge is 0.159 e. The average Bonchev–Trinajstić information content (AvgIpc) is 3.13. The minimum absolute atomic E-state index is 0.0996. The van der Waals surface area contributed by atoms with Crippen molar-refractivity contribution in [2.24, 2.45) is 7.05 Å². The number of nitrogens with zero attached hydrogens (tertiary/aromatic N) is 5. The van der Waals surface area contributed by atoms with Crippen LogP contribution in [0.4, 0.5) is 0 Å². The number of halogens is 1. The molecule has 0 N–H and O–H groups in total. The molecule has 0 saturated carbocycles. The summed E-state index contributed by atoms with van der Waals surface area (Å²) >= 11 is 7.82. The highest BCUT2D eigenvalue weighted by Crippen LogP contribution is 2.30. The van der Waals surface area contributed by atoms with E-state index >= 15 is 0 Å². The number of fused-ring (bicyclic) bond motifs is 1. The third kappa shape index (κ3) is 2.26. The Labute approximate surface area is 132 Å². The molecule has 0 amide bonds. The zero-order valence-corrected chi connectivity index (χ0v) is 14.2. The molecule has 21 heavy (non-hydrogen) atoms. The molecule has 1 atom stereocenters. The van der Waals surface area contributed by atoms with E-state index in [1.54, 1.807) is 11.3 Å². The predicted octanol–water partition coefficient (Wildman–Crippen LogP) is 3.45. The maximum absolute atomic E-state index is 6.12.